The smallest absolute Gasteiger partial charge is 0.264 e. The number of aromatic hydroxyl groups is 1. The number of quaternary nitrogens is 1. The van der Waals surface area contributed by atoms with Crippen LogP contribution in [0.5, 0.6) is 5.75 Å². The Morgan fingerprint density at radius 2 is 1.96 bits per heavy atom. The van der Waals surface area contributed by atoms with E-state index in [9.17, 15) is 9.90 Å². The third kappa shape index (κ3) is 3.06. The number of amides is 1. The zero-order valence-corrected chi connectivity index (χ0v) is 14.6. The predicted molar refractivity (Wildman–Crippen MR) is 94.8 cm³/mol. The number of carbonyl (C=O) groups is 1. The first-order valence-electron chi connectivity index (χ1n) is 8.70. The summed E-state index contributed by atoms with van der Waals surface area (Å²) in [5.41, 5.74) is 3.79. The van der Waals surface area contributed by atoms with Gasteiger partial charge in [-0.1, -0.05) is 6.07 Å². The van der Waals surface area contributed by atoms with E-state index in [0.29, 0.717) is 5.75 Å². The molecule has 0 spiro atoms. The Kier molecular flexibility index (Phi) is 4.29. The van der Waals surface area contributed by atoms with Crippen LogP contribution in [0, 0.1) is 0 Å². The second-order valence-corrected chi connectivity index (χ2v) is 7.75. The highest BCUT2D eigenvalue weighted by Gasteiger charge is 2.26. The van der Waals surface area contributed by atoms with Gasteiger partial charge in [0, 0.05) is 5.56 Å². The lowest BCUT2D eigenvalue weighted by Crippen LogP contribution is -3.13. The van der Waals surface area contributed by atoms with Crippen molar-refractivity contribution < 1.29 is 14.8 Å². The van der Waals surface area contributed by atoms with Crippen molar-refractivity contribution in [2.75, 3.05) is 26.2 Å². The van der Waals surface area contributed by atoms with Crippen LogP contribution in [0.2, 0.25) is 0 Å². The van der Waals surface area contributed by atoms with Crippen molar-refractivity contribution >= 4 is 17.2 Å². The Morgan fingerprint density at radius 3 is 2.67 bits per heavy atom. The monoisotopic (exact) mass is 343 g/mol. The van der Waals surface area contributed by atoms with Gasteiger partial charge in [0.05, 0.1) is 31.1 Å². The molecule has 2 aliphatic rings. The number of phenolic OH excluding ortho intramolecular Hbond substituents is 1. The molecule has 126 valence electrons. The van der Waals surface area contributed by atoms with E-state index in [1.54, 1.807) is 0 Å². The molecule has 24 heavy (non-hydrogen) atoms. The van der Waals surface area contributed by atoms with Gasteiger partial charge in [-0.2, -0.15) is 0 Å². The van der Waals surface area contributed by atoms with Crippen molar-refractivity contribution in [3.05, 3.63) is 51.2 Å². The molecule has 1 aromatic carbocycles. The van der Waals surface area contributed by atoms with Gasteiger partial charge in [0.2, 0.25) is 0 Å². The van der Waals surface area contributed by atoms with Crippen LogP contribution in [0.15, 0.2) is 29.6 Å². The van der Waals surface area contributed by atoms with Crippen LogP contribution in [0.4, 0.5) is 0 Å². The van der Waals surface area contributed by atoms with Crippen LogP contribution >= 0.6 is 11.3 Å². The number of aryl methyl sites for hydroxylation is 2. The number of rotatable bonds is 3. The number of piperazine rings is 1. The number of thiophene rings is 1. The molecular formula is C19H23N2O2S+. The van der Waals surface area contributed by atoms with Gasteiger partial charge in [0.15, 0.2) is 0 Å². The number of fused-ring (bicyclic) bond motifs is 1. The quantitative estimate of drug-likeness (QED) is 0.887. The number of carbonyl (C=O) groups excluding carboxylic acids is 1. The van der Waals surface area contributed by atoms with E-state index < -0.39 is 0 Å². The minimum absolute atomic E-state index is 0.157. The van der Waals surface area contributed by atoms with Crippen molar-refractivity contribution in [3.63, 3.8) is 0 Å². The largest absolute Gasteiger partial charge is 0.507 e. The summed E-state index contributed by atoms with van der Waals surface area (Å²) in [5, 5.41) is 12.2. The maximum atomic E-state index is 12.4. The molecular weight excluding hydrogens is 320 g/mol. The number of hydrogen-bond donors (Lipinski definition) is 2. The molecule has 1 saturated heterocycles. The average molecular weight is 343 g/mol. The molecule has 2 heterocycles. The van der Waals surface area contributed by atoms with Crippen molar-refractivity contribution in [1.82, 2.24) is 4.90 Å². The maximum absolute atomic E-state index is 12.4. The number of hydrogen-bond acceptors (Lipinski definition) is 3. The predicted octanol–water partition coefficient (Wildman–Crippen LogP) is 1.48. The Hall–Kier alpha value is -1.85. The van der Waals surface area contributed by atoms with Gasteiger partial charge in [-0.05, 0) is 54.0 Å². The van der Waals surface area contributed by atoms with Crippen LogP contribution in [0.25, 0.3) is 0 Å². The van der Waals surface area contributed by atoms with Gasteiger partial charge < -0.3 is 14.9 Å². The summed E-state index contributed by atoms with van der Waals surface area (Å²) in [6.07, 6.45) is 3.44. The highest BCUT2D eigenvalue weighted by atomic mass is 32.1. The first-order valence-corrected chi connectivity index (χ1v) is 9.58. The molecule has 0 atom stereocenters. The normalized spacial score (nSPS) is 17.9. The molecule has 1 aliphatic heterocycles. The van der Waals surface area contributed by atoms with Crippen molar-refractivity contribution in [2.24, 2.45) is 0 Å². The zero-order valence-electron chi connectivity index (χ0n) is 13.8. The summed E-state index contributed by atoms with van der Waals surface area (Å²) in [6, 6.07) is 7.99. The SMILES string of the molecule is O=C(c1cccs1)N1CC[NH+](Cc2cc3c(cc2O)CCC3)CC1. The van der Waals surface area contributed by atoms with Crippen LogP contribution < -0.4 is 4.90 Å². The van der Waals surface area contributed by atoms with Crippen LogP contribution in [-0.2, 0) is 19.4 Å². The lowest BCUT2D eigenvalue weighted by atomic mass is 10.0. The number of benzene rings is 1. The number of nitrogens with one attached hydrogen (secondary N) is 1. The summed E-state index contributed by atoms with van der Waals surface area (Å²) in [5.74, 6) is 0.602. The summed E-state index contributed by atoms with van der Waals surface area (Å²) < 4.78 is 0. The molecule has 1 fully saturated rings. The van der Waals surface area contributed by atoms with E-state index in [-0.39, 0.29) is 5.91 Å². The van der Waals surface area contributed by atoms with Crippen LogP contribution in [0.3, 0.4) is 0 Å². The maximum Gasteiger partial charge on any atom is 0.264 e. The summed E-state index contributed by atoms with van der Waals surface area (Å²) in [6.45, 7) is 4.30. The summed E-state index contributed by atoms with van der Waals surface area (Å²) in [7, 11) is 0. The lowest BCUT2D eigenvalue weighted by Gasteiger charge is -2.32. The van der Waals surface area contributed by atoms with Gasteiger partial charge in [-0.25, -0.2) is 0 Å². The van der Waals surface area contributed by atoms with Crippen LogP contribution in [-0.4, -0.2) is 42.1 Å². The van der Waals surface area contributed by atoms with E-state index in [1.165, 1.54) is 33.8 Å². The number of phenols is 1. The van der Waals surface area contributed by atoms with E-state index in [0.717, 1.165) is 56.0 Å². The first-order chi connectivity index (χ1) is 11.7. The van der Waals surface area contributed by atoms with Gasteiger partial charge in [0.1, 0.15) is 12.3 Å². The molecule has 1 aromatic heterocycles. The molecule has 4 rings (SSSR count). The molecule has 2 N–H and O–H groups in total. The van der Waals surface area contributed by atoms with E-state index in [4.69, 9.17) is 0 Å². The second kappa shape index (κ2) is 6.57. The molecule has 0 saturated carbocycles. The van der Waals surface area contributed by atoms with E-state index >= 15 is 0 Å². The third-order valence-corrected chi connectivity index (χ3v) is 6.08. The van der Waals surface area contributed by atoms with Crippen molar-refractivity contribution in [2.45, 2.75) is 25.8 Å². The minimum Gasteiger partial charge on any atom is -0.507 e. The summed E-state index contributed by atoms with van der Waals surface area (Å²) in [4.78, 5) is 16.6. The lowest BCUT2D eigenvalue weighted by molar-refractivity contribution is -0.917. The molecule has 0 unspecified atom stereocenters. The second-order valence-electron chi connectivity index (χ2n) is 6.80. The van der Waals surface area contributed by atoms with Gasteiger partial charge in [-0.3, -0.25) is 4.79 Å². The highest BCUT2D eigenvalue weighted by molar-refractivity contribution is 7.12. The first kappa shape index (κ1) is 15.7. The Morgan fingerprint density at radius 1 is 1.21 bits per heavy atom. The molecule has 0 radical (unpaired) electrons. The fraction of sp³-hybridized carbons (Fsp3) is 0.421. The Balaban J connectivity index is 1.38. The molecule has 4 nitrogen and oxygen atoms in total. The number of nitrogens with zero attached hydrogens (tertiary/aromatic N) is 1. The zero-order chi connectivity index (χ0) is 16.5. The Labute approximate surface area is 146 Å². The Bertz CT molecular complexity index is 734. The molecule has 5 heteroatoms. The van der Waals surface area contributed by atoms with Gasteiger partial charge in [0.25, 0.3) is 5.91 Å². The summed E-state index contributed by atoms with van der Waals surface area (Å²) >= 11 is 1.51. The van der Waals surface area contributed by atoms with Gasteiger partial charge in [-0.15, -0.1) is 11.3 Å². The van der Waals surface area contributed by atoms with Crippen molar-refractivity contribution in [1.29, 1.82) is 0 Å². The van der Waals surface area contributed by atoms with E-state index in [1.807, 2.05) is 28.5 Å². The van der Waals surface area contributed by atoms with E-state index in [2.05, 4.69) is 6.07 Å². The third-order valence-electron chi connectivity index (χ3n) is 5.22. The van der Waals surface area contributed by atoms with Gasteiger partial charge >= 0.3 is 0 Å². The fourth-order valence-corrected chi connectivity index (χ4v) is 4.52. The standard InChI is InChI=1S/C19H22N2O2S/c22-17-12-15-4-1-3-14(15)11-16(17)13-20-6-8-21(9-7-20)19(23)18-5-2-10-24-18/h2,5,10-12,22H,1,3-4,6-9,13H2/p+1. The molecule has 2 aromatic rings. The molecule has 1 aliphatic carbocycles. The fourth-order valence-electron chi connectivity index (χ4n) is 3.83. The topological polar surface area (TPSA) is 45.0 Å². The highest BCUT2D eigenvalue weighted by Crippen LogP contribution is 2.28. The average Bonchev–Trinajstić information content (AvgIpc) is 3.26. The van der Waals surface area contributed by atoms with Crippen molar-refractivity contribution in [3.8, 4) is 5.75 Å². The molecule has 1 amide bonds. The minimum atomic E-state index is 0.157. The van der Waals surface area contributed by atoms with Crippen LogP contribution in [0.1, 0.15) is 32.8 Å². The molecule has 0 bridgehead atoms.